The number of ether oxygens (including phenoxy) is 1. The number of halogens is 2. The highest BCUT2D eigenvalue weighted by Gasteiger charge is 2.50. The average Bonchev–Trinajstić information content (AvgIpc) is 3.72. The van der Waals surface area contributed by atoms with E-state index in [1.807, 2.05) is 0 Å². The first-order valence-electron chi connectivity index (χ1n) is 13.0. The zero-order chi connectivity index (χ0) is 25.7. The molecule has 1 aromatic carbocycles. The zero-order valence-electron chi connectivity index (χ0n) is 21.1. The highest BCUT2D eigenvalue weighted by Crippen LogP contribution is 2.52. The van der Waals surface area contributed by atoms with Crippen molar-refractivity contribution in [3.8, 4) is 34.1 Å². The molecular weight excluding hydrogens is 476 g/mol. The summed E-state index contributed by atoms with van der Waals surface area (Å²) >= 11 is 0. The number of rotatable bonds is 6. The second-order valence-corrected chi connectivity index (χ2v) is 11.1. The summed E-state index contributed by atoms with van der Waals surface area (Å²) in [6, 6.07) is 7.87. The molecule has 0 aliphatic heterocycles. The van der Waals surface area contributed by atoms with Gasteiger partial charge in [-0.25, -0.2) is 9.37 Å². The molecule has 0 amide bonds. The van der Waals surface area contributed by atoms with Crippen LogP contribution in [0.1, 0.15) is 51.9 Å². The lowest BCUT2D eigenvalue weighted by Gasteiger charge is -2.51. The van der Waals surface area contributed by atoms with Crippen LogP contribution in [0.4, 0.5) is 14.6 Å². The Hall–Kier alpha value is -3.36. The van der Waals surface area contributed by atoms with Gasteiger partial charge in [-0.2, -0.15) is 9.37 Å². The molecular formula is C28H31F2N5O2. The van der Waals surface area contributed by atoms with E-state index < -0.39 is 12.1 Å². The van der Waals surface area contributed by atoms with Gasteiger partial charge in [0.15, 0.2) is 11.6 Å². The molecule has 2 heterocycles. The van der Waals surface area contributed by atoms with Crippen LogP contribution in [0.25, 0.3) is 22.5 Å². The van der Waals surface area contributed by atoms with E-state index in [9.17, 15) is 9.50 Å². The molecule has 3 fully saturated rings. The van der Waals surface area contributed by atoms with E-state index in [4.69, 9.17) is 4.74 Å². The maximum absolute atomic E-state index is 15.7. The molecule has 0 radical (unpaired) electrons. The van der Waals surface area contributed by atoms with Crippen molar-refractivity contribution in [3.05, 3.63) is 42.5 Å². The summed E-state index contributed by atoms with van der Waals surface area (Å²) in [5.74, 6) is 0.395. The summed E-state index contributed by atoms with van der Waals surface area (Å²) in [5, 5.41) is 19.5. The predicted molar refractivity (Wildman–Crippen MR) is 136 cm³/mol. The van der Waals surface area contributed by atoms with Crippen LogP contribution < -0.4 is 9.64 Å². The number of aromatic nitrogens is 4. The molecule has 7 nitrogen and oxygen atoms in total. The van der Waals surface area contributed by atoms with Crippen molar-refractivity contribution in [2.24, 2.45) is 11.3 Å². The third kappa shape index (κ3) is 4.60. The summed E-state index contributed by atoms with van der Waals surface area (Å²) in [6.07, 6.45) is 7.85. The second kappa shape index (κ2) is 9.19. The first-order chi connectivity index (χ1) is 17.8. The Balaban J connectivity index is 1.27. The Morgan fingerprint density at radius 2 is 1.92 bits per heavy atom. The van der Waals surface area contributed by atoms with Gasteiger partial charge in [-0.3, -0.25) is 0 Å². The quantitative estimate of drug-likeness (QED) is 0.427. The third-order valence-corrected chi connectivity index (χ3v) is 8.29. The topological polar surface area (TPSA) is 84.3 Å². The Morgan fingerprint density at radius 3 is 2.62 bits per heavy atom. The molecule has 4 atom stereocenters. The van der Waals surface area contributed by atoms with E-state index >= 15 is 4.39 Å². The van der Waals surface area contributed by atoms with Crippen molar-refractivity contribution in [1.82, 2.24) is 20.2 Å². The summed E-state index contributed by atoms with van der Waals surface area (Å²) in [6.45, 7) is 2.30. The number of alkyl halides is 1. The Morgan fingerprint density at radius 1 is 1.08 bits per heavy atom. The van der Waals surface area contributed by atoms with Gasteiger partial charge in [0.05, 0.1) is 24.9 Å². The van der Waals surface area contributed by atoms with Crippen molar-refractivity contribution in [1.29, 1.82) is 0 Å². The number of methoxy groups -OCH3 is 1. The molecule has 37 heavy (non-hydrogen) atoms. The maximum atomic E-state index is 15.7. The van der Waals surface area contributed by atoms with Gasteiger partial charge in [0.2, 0.25) is 11.8 Å². The van der Waals surface area contributed by atoms with Gasteiger partial charge in [0.1, 0.15) is 11.9 Å². The fraction of sp³-hybridized carbons (Fsp3) is 0.500. The van der Waals surface area contributed by atoms with Crippen molar-refractivity contribution < 1.29 is 18.6 Å². The standard InChI is InChI=1S/C28H31F2N5O2/c1-28-9-3-4-17(13-28)26(30)21(14-28)35(19-6-7-19)24-15-31-27(34-33-24)20-8-5-16(10-22(20)36)18-11-23(29)32-25(12-18)37-2/h5,8,10-12,15,17,19,21,26,36H,3-4,6-7,9,13-14H2,1-2H3/t17-,21-,26+,28+/m0/s1. The monoisotopic (exact) mass is 507 g/mol. The van der Waals surface area contributed by atoms with Gasteiger partial charge in [-0.1, -0.05) is 19.4 Å². The molecule has 6 rings (SSSR count). The Kier molecular flexibility index (Phi) is 5.96. The number of anilines is 1. The number of phenols is 1. The van der Waals surface area contributed by atoms with E-state index in [2.05, 4.69) is 32.0 Å². The molecule has 3 saturated carbocycles. The fourth-order valence-electron chi connectivity index (χ4n) is 6.40. The first kappa shape index (κ1) is 24.0. The van der Waals surface area contributed by atoms with Crippen molar-refractivity contribution in [2.45, 2.75) is 70.1 Å². The lowest BCUT2D eigenvalue weighted by molar-refractivity contribution is 0.00942. The Labute approximate surface area is 214 Å². The van der Waals surface area contributed by atoms with E-state index in [-0.39, 0.29) is 40.9 Å². The molecule has 2 aromatic heterocycles. The lowest BCUT2D eigenvalue weighted by Crippen LogP contribution is -2.54. The minimum absolute atomic E-state index is 0.0564. The first-order valence-corrected chi connectivity index (χ1v) is 13.0. The molecule has 194 valence electrons. The van der Waals surface area contributed by atoms with Crippen LogP contribution in [-0.2, 0) is 0 Å². The average molecular weight is 508 g/mol. The van der Waals surface area contributed by atoms with Gasteiger partial charge in [-0.05, 0) is 73.1 Å². The van der Waals surface area contributed by atoms with Crippen LogP contribution in [0.3, 0.4) is 0 Å². The summed E-state index contributed by atoms with van der Waals surface area (Å²) in [5.41, 5.74) is 1.70. The fourth-order valence-corrected chi connectivity index (χ4v) is 6.40. The van der Waals surface area contributed by atoms with Crippen LogP contribution >= 0.6 is 0 Å². The van der Waals surface area contributed by atoms with E-state index in [0.717, 1.165) is 44.9 Å². The van der Waals surface area contributed by atoms with Crippen molar-refractivity contribution in [3.63, 3.8) is 0 Å². The zero-order valence-corrected chi connectivity index (χ0v) is 21.1. The minimum atomic E-state index is -0.872. The van der Waals surface area contributed by atoms with E-state index in [0.29, 0.717) is 22.5 Å². The highest BCUT2D eigenvalue weighted by molar-refractivity contribution is 5.73. The maximum Gasteiger partial charge on any atom is 0.216 e. The summed E-state index contributed by atoms with van der Waals surface area (Å²) in [7, 11) is 1.42. The van der Waals surface area contributed by atoms with E-state index in [1.165, 1.54) is 19.2 Å². The van der Waals surface area contributed by atoms with Gasteiger partial charge in [0.25, 0.3) is 0 Å². The normalized spacial score (nSPS) is 27.1. The number of aromatic hydroxyl groups is 1. The Bertz CT molecular complexity index is 1300. The largest absolute Gasteiger partial charge is 0.507 e. The number of pyridine rings is 1. The molecule has 3 aliphatic carbocycles. The van der Waals surface area contributed by atoms with Crippen LogP contribution in [0.2, 0.25) is 0 Å². The lowest BCUT2D eigenvalue weighted by atomic mass is 9.60. The van der Waals surface area contributed by atoms with Crippen LogP contribution in [0.15, 0.2) is 36.5 Å². The smallest absolute Gasteiger partial charge is 0.216 e. The second-order valence-electron chi connectivity index (χ2n) is 11.1. The highest BCUT2D eigenvalue weighted by atomic mass is 19.1. The van der Waals surface area contributed by atoms with Gasteiger partial charge in [-0.15, -0.1) is 10.2 Å². The van der Waals surface area contributed by atoms with Gasteiger partial charge >= 0.3 is 0 Å². The predicted octanol–water partition coefficient (Wildman–Crippen LogP) is 5.73. The molecule has 3 aliphatic rings. The summed E-state index contributed by atoms with van der Waals surface area (Å²) < 4.78 is 34.6. The summed E-state index contributed by atoms with van der Waals surface area (Å²) in [4.78, 5) is 10.3. The number of hydrogen-bond acceptors (Lipinski definition) is 7. The van der Waals surface area contributed by atoms with Crippen LogP contribution in [-0.4, -0.2) is 50.6 Å². The van der Waals surface area contributed by atoms with E-state index in [1.54, 1.807) is 24.4 Å². The number of hydrogen-bond donors (Lipinski definition) is 1. The molecule has 0 saturated heterocycles. The molecule has 2 bridgehead atoms. The third-order valence-electron chi connectivity index (χ3n) is 8.29. The number of benzene rings is 1. The SMILES string of the molecule is COc1cc(-c2ccc(-c3ncc(N(C4CC4)[C@H]4C[C@]5(C)CCC[C@@H](C5)[C@H]4F)nn3)c(O)c2)cc(F)n1. The van der Waals surface area contributed by atoms with Crippen LogP contribution in [0, 0.1) is 17.3 Å². The van der Waals surface area contributed by atoms with Gasteiger partial charge in [0, 0.05) is 18.2 Å². The van der Waals surface area contributed by atoms with Crippen LogP contribution in [0.5, 0.6) is 11.6 Å². The number of fused-ring (bicyclic) bond motifs is 2. The minimum Gasteiger partial charge on any atom is -0.507 e. The number of nitrogens with zero attached hydrogens (tertiary/aromatic N) is 5. The van der Waals surface area contributed by atoms with Crippen molar-refractivity contribution >= 4 is 5.82 Å². The van der Waals surface area contributed by atoms with Crippen molar-refractivity contribution in [2.75, 3.05) is 12.0 Å². The molecule has 1 N–H and O–H groups in total. The molecule has 9 heteroatoms. The number of phenolic OH excluding ortho intramolecular Hbond substituents is 1. The molecule has 3 aromatic rings. The van der Waals surface area contributed by atoms with Gasteiger partial charge < -0.3 is 14.7 Å². The molecule has 0 unspecified atom stereocenters. The molecule has 0 spiro atoms.